The van der Waals surface area contributed by atoms with E-state index in [0.29, 0.717) is 0 Å². The molecule has 0 aromatic heterocycles. The predicted octanol–water partition coefficient (Wildman–Crippen LogP) is -9.61. The van der Waals surface area contributed by atoms with Crippen LogP contribution in [0.5, 0.6) is 0 Å². The first-order chi connectivity index (χ1) is 26.8. The van der Waals surface area contributed by atoms with Crippen molar-refractivity contribution in [2.45, 2.75) is 148 Å². The maximum Gasteiger partial charge on any atom is 0.187 e. The van der Waals surface area contributed by atoms with Gasteiger partial charge in [-0.05, 0) is 0 Å². The molecular weight excluding hydrogens is 772 g/mol. The van der Waals surface area contributed by atoms with Crippen LogP contribution in [0.4, 0.5) is 0 Å². The van der Waals surface area contributed by atoms with Crippen molar-refractivity contribution < 1.29 is 123 Å². The molecule has 6 heterocycles. The molecule has 6 aliphatic rings. The third-order valence-electron chi connectivity index (χ3n) is 10.5. The predicted molar refractivity (Wildman–Crippen MR) is 168 cm³/mol. The molecule has 24 atom stereocenters. The number of methoxy groups -OCH3 is 1. The van der Waals surface area contributed by atoms with E-state index in [1.807, 2.05) is 0 Å². The van der Waals surface area contributed by atoms with Crippen molar-refractivity contribution in [3.8, 4) is 0 Å². The van der Waals surface area contributed by atoms with Crippen LogP contribution in [0, 0.1) is 0 Å². The minimum Gasteiger partial charge on any atom is -0.394 e. The lowest BCUT2D eigenvalue weighted by molar-refractivity contribution is -0.270. The molecule has 6 saturated heterocycles. The molecule has 6 rings (SSSR count). The Morgan fingerprint density at radius 2 is 0.696 bits per heavy atom. The minimum atomic E-state index is -1.74. The molecule has 326 valence electrons. The zero-order valence-corrected chi connectivity index (χ0v) is 29.8. The Balaban J connectivity index is 1.18. The number of hydrogen-bond donors (Lipinski definition) is 13. The van der Waals surface area contributed by atoms with Crippen LogP contribution in [0.3, 0.4) is 0 Å². The highest BCUT2D eigenvalue weighted by Gasteiger charge is 2.56. The first kappa shape index (κ1) is 44.5. The van der Waals surface area contributed by atoms with Crippen LogP contribution in [0.1, 0.15) is 0 Å². The summed E-state index contributed by atoms with van der Waals surface area (Å²) in [5.41, 5.74) is 0. The summed E-state index contributed by atoms with van der Waals surface area (Å²) in [4.78, 5) is 0. The Hall–Kier alpha value is -1.00. The molecule has 56 heavy (non-hydrogen) atoms. The minimum absolute atomic E-state index is 0.460. The number of hydrogen-bond acceptors (Lipinski definition) is 25. The van der Waals surface area contributed by atoms with E-state index in [1.54, 1.807) is 0 Å². The van der Waals surface area contributed by atoms with Crippen LogP contribution in [-0.4, -0.2) is 261 Å². The molecule has 0 spiro atoms. The van der Waals surface area contributed by atoms with E-state index in [2.05, 4.69) is 0 Å². The van der Waals surface area contributed by atoms with Crippen LogP contribution in [0.2, 0.25) is 0 Å². The highest BCUT2D eigenvalue weighted by Crippen LogP contribution is 2.36. The molecule has 0 radical (unpaired) electrons. The van der Waals surface area contributed by atoms with Crippen molar-refractivity contribution in [3.63, 3.8) is 0 Å². The molecule has 25 heteroatoms. The van der Waals surface area contributed by atoms with Crippen LogP contribution in [0.25, 0.3) is 0 Å². The molecule has 0 aromatic carbocycles. The van der Waals surface area contributed by atoms with Gasteiger partial charge in [0.1, 0.15) is 110 Å². The van der Waals surface area contributed by atoms with E-state index in [9.17, 15) is 66.4 Å². The summed E-state index contributed by atoms with van der Waals surface area (Å²) >= 11 is 0. The van der Waals surface area contributed by atoms with Gasteiger partial charge in [0.2, 0.25) is 0 Å². The fourth-order valence-corrected chi connectivity index (χ4v) is 7.23. The molecular formula is C31H52O25. The highest BCUT2D eigenvalue weighted by atomic mass is 16.8. The third kappa shape index (κ3) is 8.89. The van der Waals surface area contributed by atoms with E-state index in [0.717, 1.165) is 0 Å². The standard InChI is InChI=1S/C31H52O25/c1-45-26-19(41)16(38)12(52-26)6-46-27-22(44)23(54-31-25(18(40)11(5-35)51-31)56-29-21(43)15(37)9(3-33)49-29)13(53-27)7-47-30-24(17(39)10(4-34)50-30)55-28-20(42)14(36)8(2-32)48-28/h8-44H,2-7H2,1H3/t8-,9-,10-,11-,12-,13-,14-,15-,16-,17-,18-,19+,20+,21+,22+,23-,24+,25+,26+,27+,28+,29+,30+,31-/m1/s1. The van der Waals surface area contributed by atoms with Gasteiger partial charge in [-0.3, -0.25) is 0 Å². The van der Waals surface area contributed by atoms with Gasteiger partial charge in [-0.25, -0.2) is 0 Å². The van der Waals surface area contributed by atoms with Crippen molar-refractivity contribution in [1.82, 2.24) is 0 Å². The summed E-state index contributed by atoms with van der Waals surface area (Å²) in [7, 11) is 1.25. The summed E-state index contributed by atoms with van der Waals surface area (Å²) in [6, 6.07) is 0. The summed E-state index contributed by atoms with van der Waals surface area (Å²) < 4.78 is 67.5. The van der Waals surface area contributed by atoms with E-state index in [-0.39, 0.29) is 0 Å². The zero-order valence-electron chi connectivity index (χ0n) is 29.8. The van der Waals surface area contributed by atoms with Crippen molar-refractivity contribution in [2.75, 3.05) is 46.8 Å². The Morgan fingerprint density at radius 3 is 1.18 bits per heavy atom. The van der Waals surface area contributed by atoms with E-state index >= 15 is 0 Å². The average molecular weight is 825 g/mol. The molecule has 0 aliphatic carbocycles. The largest absolute Gasteiger partial charge is 0.394 e. The summed E-state index contributed by atoms with van der Waals surface area (Å²) in [5, 5.41) is 134. The van der Waals surface area contributed by atoms with Gasteiger partial charge in [0.25, 0.3) is 0 Å². The third-order valence-corrected chi connectivity index (χ3v) is 10.5. The molecule has 25 nitrogen and oxygen atoms in total. The lowest BCUT2D eigenvalue weighted by Crippen LogP contribution is -2.48. The Kier molecular flexibility index (Phi) is 15.2. The normalized spacial score (nSPS) is 52.2. The van der Waals surface area contributed by atoms with Gasteiger partial charge in [0.15, 0.2) is 37.7 Å². The van der Waals surface area contributed by atoms with Crippen molar-refractivity contribution in [1.29, 1.82) is 0 Å². The molecule has 0 saturated carbocycles. The SMILES string of the molecule is CO[C@H]1O[C@H](CO[C@H]2O[C@H](CO[C@H]3O[C@H](CO)[C@@H](O)[C@@H]3O[C@@H]3O[C@H](CO)[C@@H](O)[C@@H]3O)[C@@H](O[C@H]3O[C@H](CO)[C@@H](O)[C@@H]3O[C@@H]3O[C@H](CO)[C@@H](O)[C@@H]3O)[C@@H]2O)[C@@H](O)[C@@H]1O. The second-order valence-corrected chi connectivity index (χ2v) is 14.1. The molecule has 13 N–H and O–H groups in total. The van der Waals surface area contributed by atoms with Gasteiger partial charge in [-0.2, -0.15) is 0 Å². The molecule has 0 unspecified atom stereocenters. The molecule has 0 bridgehead atoms. The van der Waals surface area contributed by atoms with Crippen LogP contribution >= 0.6 is 0 Å². The Labute approximate surface area is 317 Å². The zero-order chi connectivity index (χ0) is 40.6. The number of ether oxygens (including phenoxy) is 12. The second kappa shape index (κ2) is 19.1. The number of aliphatic hydroxyl groups excluding tert-OH is 13. The maximum absolute atomic E-state index is 11.5. The average Bonchev–Trinajstić information content (AvgIpc) is 3.98. The smallest absolute Gasteiger partial charge is 0.187 e. The Morgan fingerprint density at radius 1 is 0.339 bits per heavy atom. The quantitative estimate of drug-likeness (QED) is 0.0647. The number of rotatable bonds is 17. The van der Waals surface area contributed by atoms with Gasteiger partial charge in [-0.15, -0.1) is 0 Å². The van der Waals surface area contributed by atoms with Gasteiger partial charge < -0.3 is 123 Å². The first-order valence-corrected chi connectivity index (χ1v) is 18.0. The van der Waals surface area contributed by atoms with Crippen molar-refractivity contribution in [3.05, 3.63) is 0 Å². The van der Waals surface area contributed by atoms with Gasteiger partial charge in [0.05, 0.1) is 39.6 Å². The summed E-state index contributed by atoms with van der Waals surface area (Å²) in [6.07, 6.45) is -35.6. The van der Waals surface area contributed by atoms with E-state index in [4.69, 9.17) is 56.8 Å². The first-order valence-electron chi connectivity index (χ1n) is 18.0. The van der Waals surface area contributed by atoms with Crippen LogP contribution in [0.15, 0.2) is 0 Å². The fourth-order valence-electron chi connectivity index (χ4n) is 7.23. The van der Waals surface area contributed by atoms with Gasteiger partial charge in [0, 0.05) is 7.11 Å². The monoisotopic (exact) mass is 824 g/mol. The number of aliphatic hydroxyl groups is 13. The molecule has 0 amide bonds. The summed E-state index contributed by atoms with van der Waals surface area (Å²) in [5.74, 6) is 0. The van der Waals surface area contributed by atoms with Gasteiger partial charge >= 0.3 is 0 Å². The fraction of sp³-hybridized carbons (Fsp3) is 1.00. The van der Waals surface area contributed by atoms with Gasteiger partial charge in [-0.1, -0.05) is 0 Å². The van der Waals surface area contributed by atoms with E-state index < -0.39 is 187 Å². The Bertz CT molecular complexity index is 1220. The second-order valence-electron chi connectivity index (χ2n) is 14.1. The molecule has 6 aliphatic heterocycles. The van der Waals surface area contributed by atoms with E-state index in [1.165, 1.54) is 7.11 Å². The summed E-state index contributed by atoms with van der Waals surface area (Å²) in [6.45, 7) is -3.86. The topological polar surface area (TPSA) is 374 Å². The van der Waals surface area contributed by atoms with Crippen LogP contribution < -0.4 is 0 Å². The lowest BCUT2D eigenvalue weighted by Gasteiger charge is -2.30. The van der Waals surface area contributed by atoms with Crippen LogP contribution in [-0.2, 0) is 56.8 Å². The lowest BCUT2D eigenvalue weighted by atomic mass is 10.1. The highest BCUT2D eigenvalue weighted by molar-refractivity contribution is 4.97. The maximum atomic E-state index is 11.5. The van der Waals surface area contributed by atoms with Crippen molar-refractivity contribution in [2.24, 2.45) is 0 Å². The molecule has 0 aromatic rings. The molecule has 6 fully saturated rings. The van der Waals surface area contributed by atoms with Crippen molar-refractivity contribution >= 4 is 0 Å².